The van der Waals surface area contributed by atoms with Crippen molar-refractivity contribution in [2.75, 3.05) is 5.32 Å². The summed E-state index contributed by atoms with van der Waals surface area (Å²) < 4.78 is 14.9. The predicted octanol–water partition coefficient (Wildman–Crippen LogP) is 4.45. The molecule has 0 aliphatic heterocycles. The molecule has 0 radical (unpaired) electrons. The van der Waals surface area contributed by atoms with E-state index in [1.807, 2.05) is 46.4 Å². The van der Waals surface area contributed by atoms with Gasteiger partial charge in [-0.3, -0.25) is 9.20 Å². The predicted molar refractivity (Wildman–Crippen MR) is 92.9 cm³/mol. The summed E-state index contributed by atoms with van der Waals surface area (Å²) in [4.78, 5) is 17.6. The standard InChI is InChI=1S/C18H12FN3OS/c19-14-5-1-13(2-6-14)17(23)20-15-7-3-12(4-8-15)16-11-22-9-10-24-18(22)21-16/h1-11H,(H,20,23). The maximum absolute atomic E-state index is 12.9. The number of halogens is 1. The van der Waals surface area contributed by atoms with Crippen LogP contribution in [0.4, 0.5) is 10.1 Å². The van der Waals surface area contributed by atoms with Crippen LogP contribution in [0.3, 0.4) is 0 Å². The second-order valence-electron chi connectivity index (χ2n) is 5.26. The number of imidazole rings is 1. The molecule has 4 nitrogen and oxygen atoms in total. The molecule has 6 heteroatoms. The van der Waals surface area contributed by atoms with Crippen LogP contribution in [-0.2, 0) is 0 Å². The Hall–Kier alpha value is -2.99. The van der Waals surface area contributed by atoms with E-state index in [0.717, 1.165) is 16.2 Å². The summed E-state index contributed by atoms with van der Waals surface area (Å²) in [5.74, 6) is -0.638. The van der Waals surface area contributed by atoms with E-state index >= 15 is 0 Å². The molecule has 0 atom stereocenters. The van der Waals surface area contributed by atoms with Gasteiger partial charge >= 0.3 is 0 Å². The molecule has 0 aliphatic rings. The molecule has 0 spiro atoms. The summed E-state index contributed by atoms with van der Waals surface area (Å²) in [6, 6.07) is 12.9. The molecule has 0 aliphatic carbocycles. The van der Waals surface area contributed by atoms with Crippen molar-refractivity contribution < 1.29 is 9.18 Å². The van der Waals surface area contributed by atoms with Gasteiger partial charge in [0.05, 0.1) is 5.69 Å². The van der Waals surface area contributed by atoms with Crippen LogP contribution in [0.5, 0.6) is 0 Å². The monoisotopic (exact) mass is 337 g/mol. The highest BCUT2D eigenvalue weighted by Gasteiger charge is 2.08. The first-order valence-corrected chi connectivity index (χ1v) is 8.16. The summed E-state index contributed by atoms with van der Waals surface area (Å²) in [6.45, 7) is 0. The SMILES string of the molecule is O=C(Nc1ccc(-c2cn3ccsc3n2)cc1)c1ccc(F)cc1. The van der Waals surface area contributed by atoms with Gasteiger partial charge in [0.2, 0.25) is 0 Å². The number of hydrogen-bond acceptors (Lipinski definition) is 3. The summed E-state index contributed by atoms with van der Waals surface area (Å²) in [5, 5.41) is 4.78. The van der Waals surface area contributed by atoms with Crippen LogP contribution in [0, 0.1) is 5.82 Å². The number of anilines is 1. The topological polar surface area (TPSA) is 46.4 Å². The van der Waals surface area contributed by atoms with Gasteiger partial charge in [-0.1, -0.05) is 12.1 Å². The Bertz CT molecular complexity index is 974. The molecule has 1 N–H and O–H groups in total. The van der Waals surface area contributed by atoms with Gasteiger partial charge in [0.15, 0.2) is 4.96 Å². The van der Waals surface area contributed by atoms with Gasteiger partial charge < -0.3 is 5.32 Å². The maximum atomic E-state index is 12.9. The van der Waals surface area contributed by atoms with E-state index in [1.165, 1.54) is 24.3 Å². The molecule has 2 aromatic carbocycles. The molecule has 0 fully saturated rings. The number of thiazole rings is 1. The number of carbonyl (C=O) groups excluding carboxylic acids is 1. The molecule has 2 heterocycles. The minimum absolute atomic E-state index is 0.273. The summed E-state index contributed by atoms with van der Waals surface area (Å²) in [7, 11) is 0. The average Bonchev–Trinajstić information content (AvgIpc) is 3.18. The largest absolute Gasteiger partial charge is 0.322 e. The molecule has 0 bridgehead atoms. The van der Waals surface area contributed by atoms with E-state index in [9.17, 15) is 9.18 Å². The first-order valence-electron chi connectivity index (χ1n) is 7.28. The number of hydrogen-bond donors (Lipinski definition) is 1. The van der Waals surface area contributed by atoms with Crippen molar-refractivity contribution in [3.63, 3.8) is 0 Å². The van der Waals surface area contributed by atoms with Crippen molar-refractivity contribution in [3.8, 4) is 11.3 Å². The zero-order valence-electron chi connectivity index (χ0n) is 12.4. The van der Waals surface area contributed by atoms with E-state index in [0.29, 0.717) is 11.3 Å². The fourth-order valence-electron chi connectivity index (χ4n) is 2.40. The lowest BCUT2D eigenvalue weighted by Gasteiger charge is -2.06. The van der Waals surface area contributed by atoms with E-state index in [2.05, 4.69) is 10.3 Å². The van der Waals surface area contributed by atoms with Crippen LogP contribution in [-0.4, -0.2) is 15.3 Å². The molecule has 118 valence electrons. The zero-order chi connectivity index (χ0) is 16.5. The van der Waals surface area contributed by atoms with Crippen molar-refractivity contribution in [2.45, 2.75) is 0 Å². The Morgan fingerprint density at radius 2 is 1.83 bits per heavy atom. The van der Waals surface area contributed by atoms with E-state index in [-0.39, 0.29) is 11.7 Å². The van der Waals surface area contributed by atoms with Crippen LogP contribution >= 0.6 is 11.3 Å². The first kappa shape index (κ1) is 14.6. The minimum atomic E-state index is -0.365. The Morgan fingerprint density at radius 3 is 2.54 bits per heavy atom. The van der Waals surface area contributed by atoms with Gasteiger partial charge in [-0.15, -0.1) is 11.3 Å². The van der Waals surface area contributed by atoms with E-state index < -0.39 is 0 Å². The minimum Gasteiger partial charge on any atom is -0.322 e. The lowest BCUT2D eigenvalue weighted by Crippen LogP contribution is -2.11. The summed E-state index contributed by atoms with van der Waals surface area (Å²) in [5.41, 5.74) is 2.95. The second-order valence-corrected chi connectivity index (χ2v) is 6.13. The van der Waals surface area contributed by atoms with Crippen LogP contribution in [0.2, 0.25) is 0 Å². The van der Waals surface area contributed by atoms with Crippen molar-refractivity contribution in [1.29, 1.82) is 0 Å². The third kappa shape index (κ3) is 2.79. The second kappa shape index (κ2) is 5.90. The van der Waals surface area contributed by atoms with Crippen LogP contribution in [0.15, 0.2) is 66.3 Å². The molecule has 4 aromatic rings. The number of nitrogens with zero attached hydrogens (tertiary/aromatic N) is 2. The lowest BCUT2D eigenvalue weighted by molar-refractivity contribution is 0.102. The fourth-order valence-corrected chi connectivity index (χ4v) is 3.10. The zero-order valence-corrected chi connectivity index (χ0v) is 13.3. The third-order valence-corrected chi connectivity index (χ3v) is 4.41. The van der Waals surface area contributed by atoms with Crippen molar-refractivity contribution in [2.24, 2.45) is 0 Å². The number of benzene rings is 2. The highest BCUT2D eigenvalue weighted by atomic mass is 32.1. The molecule has 2 aromatic heterocycles. The summed E-state index contributed by atoms with van der Waals surface area (Å²) in [6.07, 6.45) is 3.94. The van der Waals surface area contributed by atoms with Crippen molar-refractivity contribution >= 4 is 27.9 Å². The molecule has 0 saturated heterocycles. The number of amides is 1. The Kier molecular flexibility index (Phi) is 3.59. The Morgan fingerprint density at radius 1 is 1.08 bits per heavy atom. The van der Waals surface area contributed by atoms with E-state index in [1.54, 1.807) is 11.3 Å². The van der Waals surface area contributed by atoms with Gasteiger partial charge in [-0.05, 0) is 36.4 Å². The van der Waals surface area contributed by atoms with Crippen molar-refractivity contribution in [3.05, 3.63) is 77.7 Å². The first-order chi connectivity index (χ1) is 11.7. The van der Waals surface area contributed by atoms with Crippen LogP contribution in [0.1, 0.15) is 10.4 Å². The number of rotatable bonds is 3. The molecule has 0 unspecified atom stereocenters. The van der Waals surface area contributed by atoms with Gasteiger partial charge in [0.1, 0.15) is 5.82 Å². The lowest BCUT2D eigenvalue weighted by atomic mass is 10.1. The number of aromatic nitrogens is 2. The third-order valence-electron chi connectivity index (χ3n) is 3.64. The molecular formula is C18H12FN3OS. The van der Waals surface area contributed by atoms with Crippen LogP contribution in [0.25, 0.3) is 16.2 Å². The van der Waals surface area contributed by atoms with Gasteiger partial charge in [0, 0.05) is 34.6 Å². The van der Waals surface area contributed by atoms with Gasteiger partial charge in [-0.2, -0.15) is 0 Å². The quantitative estimate of drug-likeness (QED) is 0.600. The highest BCUT2D eigenvalue weighted by molar-refractivity contribution is 7.15. The van der Waals surface area contributed by atoms with E-state index in [4.69, 9.17) is 0 Å². The summed E-state index contributed by atoms with van der Waals surface area (Å²) >= 11 is 1.58. The number of carbonyl (C=O) groups is 1. The van der Waals surface area contributed by atoms with Crippen LogP contribution < -0.4 is 5.32 Å². The smallest absolute Gasteiger partial charge is 0.255 e. The Labute approximate surface area is 141 Å². The maximum Gasteiger partial charge on any atom is 0.255 e. The molecule has 0 saturated carbocycles. The van der Waals surface area contributed by atoms with Gasteiger partial charge in [-0.25, -0.2) is 9.37 Å². The fraction of sp³-hybridized carbons (Fsp3) is 0. The average molecular weight is 337 g/mol. The normalized spacial score (nSPS) is 10.9. The Balaban J connectivity index is 1.52. The van der Waals surface area contributed by atoms with Crippen molar-refractivity contribution in [1.82, 2.24) is 9.38 Å². The highest BCUT2D eigenvalue weighted by Crippen LogP contribution is 2.23. The molecule has 24 heavy (non-hydrogen) atoms. The molecule has 4 rings (SSSR count). The van der Waals surface area contributed by atoms with Gasteiger partial charge in [0.25, 0.3) is 5.91 Å². The number of fused-ring (bicyclic) bond motifs is 1. The molecule has 1 amide bonds. The number of nitrogens with one attached hydrogen (secondary N) is 1. The molecular weight excluding hydrogens is 325 g/mol.